The van der Waals surface area contributed by atoms with Gasteiger partial charge in [-0.05, 0) is 11.6 Å². The Kier molecular flexibility index (Phi) is 1.88. The molecule has 1 heterocycles. The number of hydrogen-bond donors (Lipinski definition) is 2. The molecule has 0 bridgehead atoms. The average Bonchev–Trinajstić information content (AvgIpc) is 2.45. The molecule has 0 radical (unpaired) electrons. The van der Waals surface area contributed by atoms with E-state index in [0.29, 0.717) is 0 Å². The highest BCUT2D eigenvalue weighted by Crippen LogP contribution is 2.38. The summed E-state index contributed by atoms with van der Waals surface area (Å²) in [6, 6.07) is 6.65. The molecule has 0 spiro atoms. The van der Waals surface area contributed by atoms with Gasteiger partial charge in [0.2, 0.25) is 0 Å². The molecule has 0 fully saturated rings. The molecule has 1 aliphatic heterocycles. The zero-order chi connectivity index (χ0) is 9.42. The predicted molar refractivity (Wildman–Crippen MR) is 50.1 cm³/mol. The number of rotatable bonds is 1. The molecule has 0 amide bonds. The quantitative estimate of drug-likeness (QED) is 0.676. The molecule has 0 aliphatic carbocycles. The number of nitrogens with one attached hydrogen (secondary N) is 1. The average molecular weight is 198 g/mol. The van der Waals surface area contributed by atoms with E-state index in [4.69, 9.17) is 16.7 Å². The normalized spacial score (nSPS) is 25.0. The molecule has 13 heavy (non-hydrogen) atoms. The van der Waals surface area contributed by atoms with Crippen molar-refractivity contribution in [3.8, 4) is 0 Å². The Balaban J connectivity index is 2.38. The molecule has 1 aliphatic rings. The standard InChI is InChI=1S/C9H8ClNO2/c10-7-5-3-1-2-4-6(5)11-8(7)9(12)13/h1-4,7-8,11H,(H,12,13). The van der Waals surface area contributed by atoms with Gasteiger partial charge in [-0.2, -0.15) is 0 Å². The Labute approximate surface area is 80.3 Å². The number of benzene rings is 1. The fraction of sp³-hybridized carbons (Fsp3) is 0.222. The lowest BCUT2D eigenvalue weighted by Gasteiger charge is -2.08. The Bertz CT molecular complexity index is 353. The first-order valence-electron chi connectivity index (χ1n) is 3.92. The zero-order valence-corrected chi connectivity index (χ0v) is 7.45. The molecule has 2 unspecified atom stereocenters. The third-order valence-electron chi connectivity index (χ3n) is 2.13. The van der Waals surface area contributed by atoms with Crippen molar-refractivity contribution in [1.82, 2.24) is 0 Å². The summed E-state index contributed by atoms with van der Waals surface area (Å²) in [7, 11) is 0. The summed E-state index contributed by atoms with van der Waals surface area (Å²) in [5, 5.41) is 11.2. The predicted octanol–water partition coefficient (Wildman–Crippen LogP) is 1.85. The summed E-state index contributed by atoms with van der Waals surface area (Å²) < 4.78 is 0. The van der Waals surface area contributed by atoms with Crippen LogP contribution in [0.4, 0.5) is 5.69 Å². The number of aliphatic carboxylic acids is 1. The Hall–Kier alpha value is -1.22. The molecule has 4 heteroatoms. The maximum Gasteiger partial charge on any atom is 0.328 e. The second-order valence-corrected chi connectivity index (χ2v) is 3.42. The van der Waals surface area contributed by atoms with Gasteiger partial charge in [0, 0.05) is 5.69 Å². The summed E-state index contributed by atoms with van der Waals surface area (Å²) in [6.07, 6.45) is 0. The summed E-state index contributed by atoms with van der Waals surface area (Å²) in [5.41, 5.74) is 1.67. The number of carboxylic acid groups (broad SMARTS) is 1. The van der Waals surface area contributed by atoms with E-state index in [2.05, 4.69) is 5.32 Å². The second-order valence-electron chi connectivity index (χ2n) is 2.95. The van der Waals surface area contributed by atoms with E-state index in [1.165, 1.54) is 0 Å². The van der Waals surface area contributed by atoms with E-state index in [0.717, 1.165) is 11.3 Å². The topological polar surface area (TPSA) is 49.3 Å². The smallest absolute Gasteiger partial charge is 0.328 e. The van der Waals surface area contributed by atoms with Gasteiger partial charge < -0.3 is 10.4 Å². The highest BCUT2D eigenvalue weighted by molar-refractivity contribution is 6.24. The summed E-state index contributed by atoms with van der Waals surface area (Å²) in [4.78, 5) is 10.7. The number of halogens is 1. The fourth-order valence-corrected chi connectivity index (χ4v) is 1.84. The van der Waals surface area contributed by atoms with Crippen LogP contribution in [0.3, 0.4) is 0 Å². The number of carboxylic acids is 1. The molecule has 1 aromatic rings. The Morgan fingerprint density at radius 3 is 2.77 bits per heavy atom. The minimum Gasteiger partial charge on any atom is -0.480 e. The van der Waals surface area contributed by atoms with Crippen LogP contribution in [-0.4, -0.2) is 17.1 Å². The van der Waals surface area contributed by atoms with Crippen molar-refractivity contribution in [2.45, 2.75) is 11.4 Å². The maximum absolute atomic E-state index is 10.7. The molecule has 2 N–H and O–H groups in total. The van der Waals surface area contributed by atoms with Crippen LogP contribution in [0.1, 0.15) is 10.9 Å². The van der Waals surface area contributed by atoms with E-state index in [1.807, 2.05) is 24.3 Å². The number of carbonyl (C=O) groups is 1. The van der Waals surface area contributed by atoms with Gasteiger partial charge in [0.15, 0.2) is 0 Å². The lowest BCUT2D eigenvalue weighted by molar-refractivity contribution is -0.137. The molecule has 3 nitrogen and oxygen atoms in total. The summed E-state index contributed by atoms with van der Waals surface area (Å²) in [5.74, 6) is -0.920. The third-order valence-corrected chi connectivity index (χ3v) is 2.61. The van der Waals surface area contributed by atoms with Gasteiger partial charge in [-0.15, -0.1) is 11.6 Å². The van der Waals surface area contributed by atoms with Crippen LogP contribution in [0.2, 0.25) is 0 Å². The van der Waals surface area contributed by atoms with E-state index in [1.54, 1.807) is 0 Å². The molecule has 68 valence electrons. The van der Waals surface area contributed by atoms with Crippen molar-refractivity contribution in [3.63, 3.8) is 0 Å². The highest BCUT2D eigenvalue weighted by Gasteiger charge is 2.35. The monoisotopic (exact) mass is 197 g/mol. The van der Waals surface area contributed by atoms with Crippen molar-refractivity contribution in [2.24, 2.45) is 0 Å². The maximum atomic E-state index is 10.7. The van der Waals surface area contributed by atoms with E-state index in [9.17, 15) is 4.79 Å². The minimum atomic E-state index is -0.920. The van der Waals surface area contributed by atoms with Crippen LogP contribution in [0.15, 0.2) is 24.3 Å². The minimum absolute atomic E-state index is 0.478. The van der Waals surface area contributed by atoms with Gasteiger partial charge in [0.25, 0.3) is 0 Å². The van der Waals surface area contributed by atoms with Crippen LogP contribution >= 0.6 is 11.6 Å². The lowest BCUT2D eigenvalue weighted by atomic mass is 10.1. The molecule has 1 aromatic carbocycles. The second kappa shape index (κ2) is 2.92. The van der Waals surface area contributed by atoms with Crippen molar-refractivity contribution in [3.05, 3.63) is 29.8 Å². The number of anilines is 1. The fourth-order valence-electron chi connectivity index (χ4n) is 1.48. The molecule has 0 saturated carbocycles. The lowest BCUT2D eigenvalue weighted by Crippen LogP contribution is -2.27. The molecule has 0 saturated heterocycles. The molecule has 2 atom stereocenters. The van der Waals surface area contributed by atoms with Crippen molar-refractivity contribution < 1.29 is 9.90 Å². The molecular formula is C9H8ClNO2. The van der Waals surface area contributed by atoms with Gasteiger partial charge in [-0.25, -0.2) is 4.79 Å². The van der Waals surface area contributed by atoms with Crippen molar-refractivity contribution in [1.29, 1.82) is 0 Å². The van der Waals surface area contributed by atoms with Gasteiger partial charge in [0.05, 0.1) is 5.38 Å². The van der Waals surface area contributed by atoms with Crippen LogP contribution in [0.25, 0.3) is 0 Å². The Morgan fingerprint density at radius 1 is 1.46 bits per heavy atom. The zero-order valence-electron chi connectivity index (χ0n) is 6.70. The van der Waals surface area contributed by atoms with E-state index >= 15 is 0 Å². The van der Waals surface area contributed by atoms with E-state index in [-0.39, 0.29) is 0 Å². The third kappa shape index (κ3) is 1.25. The van der Waals surface area contributed by atoms with Crippen LogP contribution in [-0.2, 0) is 4.79 Å². The number of para-hydroxylation sites is 1. The molecular weight excluding hydrogens is 190 g/mol. The van der Waals surface area contributed by atoms with E-state index < -0.39 is 17.4 Å². The number of fused-ring (bicyclic) bond motifs is 1. The first kappa shape index (κ1) is 8.38. The first-order chi connectivity index (χ1) is 6.20. The van der Waals surface area contributed by atoms with Crippen LogP contribution in [0.5, 0.6) is 0 Å². The van der Waals surface area contributed by atoms with Crippen LogP contribution < -0.4 is 5.32 Å². The van der Waals surface area contributed by atoms with Crippen LogP contribution in [0, 0.1) is 0 Å². The SMILES string of the molecule is O=C(O)C1Nc2ccccc2C1Cl. The number of alkyl halides is 1. The Morgan fingerprint density at radius 2 is 2.15 bits per heavy atom. The highest BCUT2D eigenvalue weighted by atomic mass is 35.5. The largest absolute Gasteiger partial charge is 0.480 e. The van der Waals surface area contributed by atoms with Gasteiger partial charge in [0.1, 0.15) is 6.04 Å². The first-order valence-corrected chi connectivity index (χ1v) is 4.36. The molecule has 2 rings (SSSR count). The van der Waals surface area contributed by atoms with Crippen molar-refractivity contribution in [2.75, 3.05) is 5.32 Å². The number of hydrogen-bond acceptors (Lipinski definition) is 2. The van der Waals surface area contributed by atoms with Gasteiger partial charge >= 0.3 is 5.97 Å². The summed E-state index contributed by atoms with van der Waals surface area (Å²) in [6.45, 7) is 0. The van der Waals surface area contributed by atoms with Gasteiger partial charge in [-0.1, -0.05) is 18.2 Å². The van der Waals surface area contributed by atoms with Crippen molar-refractivity contribution >= 4 is 23.3 Å². The molecule has 0 aromatic heterocycles. The summed E-state index contributed by atoms with van der Waals surface area (Å²) >= 11 is 5.96. The van der Waals surface area contributed by atoms with Gasteiger partial charge in [-0.3, -0.25) is 0 Å².